The molecule has 0 spiro atoms. The lowest BCUT2D eigenvalue weighted by Gasteiger charge is -2.21. The summed E-state index contributed by atoms with van der Waals surface area (Å²) in [4.78, 5) is 2.37. The Kier molecular flexibility index (Phi) is 3.85. The van der Waals surface area contributed by atoms with Crippen molar-refractivity contribution in [2.45, 2.75) is 11.3 Å². The van der Waals surface area contributed by atoms with Crippen molar-refractivity contribution < 1.29 is 12.9 Å². The Morgan fingerprint density at radius 3 is 2.82 bits per heavy atom. The molecule has 0 saturated carbocycles. The van der Waals surface area contributed by atoms with Crippen LogP contribution in [0.15, 0.2) is 64.2 Å². The molecule has 1 aliphatic heterocycles. The lowest BCUT2D eigenvalue weighted by atomic mass is 10.0. The predicted octanol–water partition coefficient (Wildman–Crippen LogP) is 3.13. The van der Waals surface area contributed by atoms with Crippen LogP contribution in [0.2, 0.25) is 0 Å². The van der Waals surface area contributed by atoms with Gasteiger partial charge in [-0.25, -0.2) is 0 Å². The molecule has 0 saturated heterocycles. The first-order valence-electron chi connectivity index (χ1n) is 9.00. The van der Waals surface area contributed by atoms with E-state index in [1.807, 2.05) is 18.2 Å². The van der Waals surface area contributed by atoms with Gasteiger partial charge < -0.3 is 9.42 Å². The van der Waals surface area contributed by atoms with Crippen LogP contribution in [0.1, 0.15) is 12.1 Å². The molecule has 0 amide bonds. The summed E-state index contributed by atoms with van der Waals surface area (Å²) in [5.41, 5.74) is 2.93. The summed E-state index contributed by atoms with van der Waals surface area (Å²) < 4.78 is 33.0. The van der Waals surface area contributed by atoms with Gasteiger partial charge in [0.15, 0.2) is 5.58 Å². The van der Waals surface area contributed by atoms with Crippen LogP contribution in [-0.2, 0) is 10.0 Å². The summed E-state index contributed by atoms with van der Waals surface area (Å²) in [6.07, 6.45) is 4.47. The minimum atomic E-state index is -3.87. The Hall–Kier alpha value is -2.97. The summed E-state index contributed by atoms with van der Waals surface area (Å²) in [7, 11) is -1.80. The fourth-order valence-corrected chi connectivity index (χ4v) is 4.88. The first-order chi connectivity index (χ1) is 13.5. The van der Waals surface area contributed by atoms with Crippen LogP contribution in [0.25, 0.3) is 27.4 Å². The third kappa shape index (κ3) is 2.64. The van der Waals surface area contributed by atoms with Gasteiger partial charge in [0.05, 0.1) is 22.3 Å². The number of rotatable bonds is 3. The van der Waals surface area contributed by atoms with Gasteiger partial charge in [0, 0.05) is 23.9 Å². The number of nitrogens with zero attached hydrogens (tertiary/aromatic N) is 4. The van der Waals surface area contributed by atoms with Gasteiger partial charge in [0.2, 0.25) is 0 Å². The van der Waals surface area contributed by atoms with Crippen molar-refractivity contribution in [3.63, 3.8) is 0 Å². The SMILES string of the molecule is CN1CC=C(c2nn(S(=O)(=O)c3ccc4oncc4c3)c3ccccc23)CC1. The molecule has 28 heavy (non-hydrogen) atoms. The van der Waals surface area contributed by atoms with Crippen LogP contribution >= 0.6 is 0 Å². The van der Waals surface area contributed by atoms with E-state index in [4.69, 9.17) is 4.52 Å². The molecule has 2 aromatic heterocycles. The maximum atomic E-state index is 13.4. The smallest absolute Gasteiger partial charge is 0.283 e. The molecule has 0 fully saturated rings. The Morgan fingerprint density at radius 1 is 1.14 bits per heavy atom. The van der Waals surface area contributed by atoms with Crippen LogP contribution in [0, 0.1) is 0 Å². The highest BCUT2D eigenvalue weighted by Crippen LogP contribution is 2.31. The van der Waals surface area contributed by atoms with Crippen molar-refractivity contribution in [3.8, 4) is 0 Å². The zero-order valence-electron chi connectivity index (χ0n) is 15.2. The molecule has 7 nitrogen and oxygen atoms in total. The summed E-state index contributed by atoms with van der Waals surface area (Å²) >= 11 is 0. The lowest BCUT2D eigenvalue weighted by molar-refractivity contribution is 0.370. The van der Waals surface area contributed by atoms with Gasteiger partial charge >= 0.3 is 0 Å². The van der Waals surface area contributed by atoms with Gasteiger partial charge in [-0.2, -0.15) is 17.6 Å². The Labute approximate surface area is 161 Å². The number of para-hydroxylation sites is 1. The molecule has 0 aliphatic carbocycles. The van der Waals surface area contributed by atoms with E-state index >= 15 is 0 Å². The normalized spacial score (nSPS) is 16.0. The monoisotopic (exact) mass is 394 g/mol. The molecular weight excluding hydrogens is 376 g/mol. The van der Waals surface area contributed by atoms with Crippen LogP contribution in [-0.4, -0.2) is 47.8 Å². The summed E-state index contributed by atoms with van der Waals surface area (Å²) in [6.45, 7) is 1.75. The molecule has 0 atom stereocenters. The predicted molar refractivity (Wildman–Crippen MR) is 106 cm³/mol. The average Bonchev–Trinajstić information content (AvgIpc) is 3.33. The van der Waals surface area contributed by atoms with Gasteiger partial charge in [-0.1, -0.05) is 29.4 Å². The zero-order chi connectivity index (χ0) is 19.3. The molecule has 1 aliphatic rings. The second kappa shape index (κ2) is 6.29. The largest absolute Gasteiger partial charge is 0.356 e. The Balaban J connectivity index is 1.70. The van der Waals surface area contributed by atoms with Crippen molar-refractivity contribution in [3.05, 3.63) is 60.4 Å². The first-order valence-corrected chi connectivity index (χ1v) is 10.4. The number of aromatic nitrogens is 3. The fraction of sp³-hybridized carbons (Fsp3) is 0.200. The van der Waals surface area contributed by atoms with Crippen molar-refractivity contribution in [2.24, 2.45) is 0 Å². The summed E-state index contributed by atoms with van der Waals surface area (Å²) in [5, 5.41) is 9.75. The minimum Gasteiger partial charge on any atom is -0.356 e. The van der Waals surface area contributed by atoms with E-state index in [2.05, 4.69) is 28.3 Å². The van der Waals surface area contributed by atoms with E-state index in [-0.39, 0.29) is 4.90 Å². The molecule has 0 N–H and O–H groups in total. The number of likely N-dealkylation sites (N-methyl/N-ethyl adjacent to an activating group) is 1. The molecule has 0 radical (unpaired) electrons. The molecule has 4 aromatic rings. The second-order valence-corrected chi connectivity index (χ2v) is 8.75. The molecule has 5 rings (SSSR count). The van der Waals surface area contributed by atoms with E-state index in [9.17, 15) is 8.42 Å². The number of hydrogen-bond acceptors (Lipinski definition) is 6. The maximum absolute atomic E-state index is 13.4. The van der Waals surface area contributed by atoms with E-state index in [0.29, 0.717) is 16.5 Å². The van der Waals surface area contributed by atoms with Crippen LogP contribution in [0.4, 0.5) is 0 Å². The average molecular weight is 394 g/mol. The third-order valence-corrected chi connectivity index (χ3v) is 6.71. The molecule has 142 valence electrons. The van der Waals surface area contributed by atoms with Gasteiger partial charge in [-0.15, -0.1) is 0 Å². The van der Waals surface area contributed by atoms with Crippen LogP contribution in [0.5, 0.6) is 0 Å². The van der Waals surface area contributed by atoms with Crippen molar-refractivity contribution in [2.75, 3.05) is 20.1 Å². The molecule has 3 heterocycles. The molecular formula is C20H18N4O3S. The number of fused-ring (bicyclic) bond motifs is 2. The second-order valence-electron chi connectivity index (χ2n) is 6.98. The quantitative estimate of drug-likeness (QED) is 0.531. The summed E-state index contributed by atoms with van der Waals surface area (Å²) in [5.74, 6) is 0. The van der Waals surface area contributed by atoms with E-state index in [0.717, 1.165) is 40.3 Å². The van der Waals surface area contributed by atoms with Crippen molar-refractivity contribution >= 4 is 37.5 Å². The van der Waals surface area contributed by atoms with Crippen LogP contribution < -0.4 is 0 Å². The third-order valence-electron chi connectivity index (χ3n) is 5.12. The highest BCUT2D eigenvalue weighted by Gasteiger charge is 2.25. The zero-order valence-corrected chi connectivity index (χ0v) is 16.1. The standard InChI is InChI=1S/C20H18N4O3S/c1-23-10-8-14(9-11-23)20-17-4-2-3-5-18(17)24(22-20)28(25,26)16-6-7-19-15(12-16)13-21-27-19/h2-8,12-13H,9-11H2,1H3. The molecule has 8 heteroatoms. The molecule has 0 bridgehead atoms. The fourth-order valence-electron chi connectivity index (χ4n) is 3.56. The summed E-state index contributed by atoms with van der Waals surface area (Å²) in [6, 6.07) is 12.1. The van der Waals surface area contributed by atoms with Crippen molar-refractivity contribution in [1.82, 2.24) is 19.2 Å². The highest BCUT2D eigenvalue weighted by atomic mass is 32.2. The highest BCUT2D eigenvalue weighted by molar-refractivity contribution is 7.90. The lowest BCUT2D eigenvalue weighted by Crippen LogP contribution is -2.24. The van der Waals surface area contributed by atoms with Crippen LogP contribution in [0.3, 0.4) is 0 Å². The Bertz CT molecular complexity index is 1330. The number of benzene rings is 2. The maximum Gasteiger partial charge on any atom is 0.283 e. The van der Waals surface area contributed by atoms with E-state index in [1.54, 1.807) is 18.2 Å². The van der Waals surface area contributed by atoms with Crippen molar-refractivity contribution in [1.29, 1.82) is 0 Å². The Morgan fingerprint density at radius 2 is 2.00 bits per heavy atom. The van der Waals surface area contributed by atoms with E-state index in [1.165, 1.54) is 12.3 Å². The van der Waals surface area contributed by atoms with Gasteiger partial charge in [-0.05, 0) is 43.3 Å². The van der Waals surface area contributed by atoms with Gasteiger partial charge in [0.1, 0.15) is 0 Å². The number of hydrogen-bond donors (Lipinski definition) is 0. The molecule has 2 aromatic carbocycles. The topological polar surface area (TPSA) is 81.2 Å². The van der Waals surface area contributed by atoms with E-state index < -0.39 is 10.0 Å². The van der Waals surface area contributed by atoms with Gasteiger partial charge in [0.25, 0.3) is 10.0 Å². The minimum absolute atomic E-state index is 0.153. The van der Waals surface area contributed by atoms with Gasteiger partial charge in [-0.3, -0.25) is 0 Å². The first kappa shape index (κ1) is 17.2. The molecule has 0 unspecified atom stereocenters.